The van der Waals surface area contributed by atoms with Crippen LogP contribution in [0.4, 0.5) is 8.78 Å². The van der Waals surface area contributed by atoms with Crippen molar-refractivity contribution in [2.45, 2.75) is 18.4 Å². The van der Waals surface area contributed by atoms with E-state index in [1.165, 1.54) is 17.0 Å². The lowest BCUT2D eigenvalue weighted by Gasteiger charge is -2.37. The highest BCUT2D eigenvalue weighted by Crippen LogP contribution is 2.33. The van der Waals surface area contributed by atoms with Crippen molar-refractivity contribution in [3.05, 3.63) is 66.5 Å². The molecule has 1 aromatic carbocycles. The summed E-state index contributed by atoms with van der Waals surface area (Å²) < 4.78 is 39.8. The van der Waals surface area contributed by atoms with Crippen LogP contribution in [0.5, 0.6) is 5.88 Å². The van der Waals surface area contributed by atoms with E-state index in [9.17, 15) is 13.6 Å². The lowest BCUT2D eigenvalue weighted by molar-refractivity contribution is -0.131. The monoisotopic (exact) mass is 411 g/mol. The minimum Gasteiger partial charge on any atom is -0.466 e. The lowest BCUT2D eigenvalue weighted by Crippen LogP contribution is -2.55. The number of carbonyl (C=O) groups excluding carboxylic acids is 1. The minimum absolute atomic E-state index is 0.0290. The van der Waals surface area contributed by atoms with Crippen LogP contribution in [-0.2, 0) is 0 Å². The molecule has 1 aliphatic heterocycles. The molecule has 0 aliphatic carbocycles. The van der Waals surface area contributed by atoms with Crippen LogP contribution in [0.2, 0.25) is 0 Å². The number of hydrogen-bond donors (Lipinski definition) is 0. The fourth-order valence-electron chi connectivity index (χ4n) is 3.38. The maximum absolute atomic E-state index is 14.6. The second-order valence-electron chi connectivity index (χ2n) is 6.93. The summed E-state index contributed by atoms with van der Waals surface area (Å²) >= 11 is 0. The van der Waals surface area contributed by atoms with Gasteiger partial charge in [-0.05, 0) is 29.8 Å². The molecule has 4 rings (SSSR count). The Bertz CT molecular complexity index is 1130. The number of amides is 1. The van der Waals surface area contributed by atoms with Crippen LogP contribution in [0.3, 0.4) is 0 Å². The highest BCUT2D eigenvalue weighted by atomic mass is 19.3. The molecule has 0 N–H and O–H groups in total. The molecule has 1 saturated heterocycles. The molecule has 1 aliphatic rings. The summed E-state index contributed by atoms with van der Waals surface area (Å²) in [6.45, 7) is 6.92. The number of nitrogens with zero attached hydrogens (tertiary/aromatic N) is 3. The van der Waals surface area contributed by atoms with Gasteiger partial charge in [0.2, 0.25) is 5.88 Å². The van der Waals surface area contributed by atoms with Gasteiger partial charge in [-0.3, -0.25) is 4.79 Å². The average Bonchev–Trinajstić information content (AvgIpc) is 3.18. The van der Waals surface area contributed by atoms with E-state index >= 15 is 0 Å². The Morgan fingerprint density at radius 2 is 2.03 bits per heavy atom. The molecule has 1 fully saturated rings. The number of pyridine rings is 1. The summed E-state index contributed by atoms with van der Waals surface area (Å²) in [5.74, 6) is -3.57. The fourth-order valence-corrected chi connectivity index (χ4v) is 3.38. The maximum atomic E-state index is 14.6. The van der Waals surface area contributed by atoms with Gasteiger partial charge in [-0.2, -0.15) is 0 Å². The topological polar surface area (TPSA) is 68.5 Å². The molecule has 2 aromatic heterocycles. The van der Waals surface area contributed by atoms with Crippen molar-refractivity contribution < 1.29 is 22.8 Å². The van der Waals surface area contributed by atoms with Gasteiger partial charge in [0.15, 0.2) is 17.4 Å². The van der Waals surface area contributed by atoms with Gasteiger partial charge in [0.1, 0.15) is 0 Å². The Kier molecular flexibility index (Phi) is 5.07. The van der Waals surface area contributed by atoms with Gasteiger partial charge in [-0.1, -0.05) is 36.5 Å². The molecule has 0 saturated carbocycles. The van der Waals surface area contributed by atoms with E-state index < -0.39 is 24.4 Å². The first kappa shape index (κ1) is 19.8. The largest absolute Gasteiger partial charge is 0.466 e. The Morgan fingerprint density at radius 3 is 2.80 bits per heavy atom. The van der Waals surface area contributed by atoms with Crippen LogP contribution in [0.15, 0.2) is 54.1 Å². The third-order valence-electron chi connectivity index (χ3n) is 5.05. The Morgan fingerprint density at radius 1 is 1.23 bits per heavy atom. The molecule has 0 spiro atoms. The Balaban J connectivity index is 1.57. The summed E-state index contributed by atoms with van der Waals surface area (Å²) in [7, 11) is 0. The third kappa shape index (κ3) is 3.56. The summed E-state index contributed by atoms with van der Waals surface area (Å²) in [5, 5.41) is 4.37. The van der Waals surface area contributed by atoms with Crippen molar-refractivity contribution in [3.8, 4) is 5.88 Å². The van der Waals surface area contributed by atoms with E-state index in [4.69, 9.17) is 9.26 Å². The molecule has 0 bridgehead atoms. The third-order valence-corrected chi connectivity index (χ3v) is 5.05. The molecular formula is C22H19F2N3O3. The van der Waals surface area contributed by atoms with Gasteiger partial charge in [0, 0.05) is 19.0 Å². The molecule has 30 heavy (non-hydrogen) atoms. The molecule has 6 nitrogen and oxygen atoms in total. The zero-order valence-electron chi connectivity index (χ0n) is 16.1. The number of carbonyl (C=O) groups is 1. The molecule has 3 aromatic rings. The summed E-state index contributed by atoms with van der Waals surface area (Å²) in [6.07, 6.45) is 1.01. The van der Waals surface area contributed by atoms with Crippen molar-refractivity contribution in [1.82, 2.24) is 15.0 Å². The van der Waals surface area contributed by atoms with Gasteiger partial charge in [-0.15, -0.1) is 0 Å². The van der Waals surface area contributed by atoms with Gasteiger partial charge < -0.3 is 14.2 Å². The number of para-hydroxylation sites is 1. The molecule has 3 heterocycles. The molecule has 1 amide bonds. The van der Waals surface area contributed by atoms with Gasteiger partial charge in [0.25, 0.3) is 11.8 Å². The zero-order valence-corrected chi connectivity index (χ0v) is 16.1. The number of aromatic nitrogens is 2. The van der Waals surface area contributed by atoms with E-state index in [1.54, 1.807) is 36.4 Å². The zero-order chi connectivity index (χ0) is 21.3. The first-order valence-electron chi connectivity index (χ1n) is 9.37. The Hall–Kier alpha value is -3.55. The predicted octanol–water partition coefficient (Wildman–Crippen LogP) is 4.44. The highest BCUT2D eigenvalue weighted by molar-refractivity contribution is 6.04. The normalized spacial score (nSPS) is 18.2. The van der Waals surface area contributed by atoms with Crippen molar-refractivity contribution in [1.29, 1.82) is 0 Å². The molecule has 1 atom stereocenters. The first-order chi connectivity index (χ1) is 14.4. The van der Waals surface area contributed by atoms with Crippen LogP contribution in [0.25, 0.3) is 23.1 Å². The molecule has 0 radical (unpaired) electrons. The number of benzene rings is 1. The minimum atomic E-state index is -3.12. The van der Waals surface area contributed by atoms with Crippen LogP contribution in [0.1, 0.15) is 28.2 Å². The van der Waals surface area contributed by atoms with E-state index in [1.807, 2.05) is 0 Å². The standard InChI is InChI=1S/C22H19F2N3O3/c1-3-14-9-10-19(25-16(14)4-2)29-18-13-27(12-11-22(18,23)24)21(28)20-15-7-5-6-8-17(15)30-26-20/h3-10,18H,1-2,11-13H2. The maximum Gasteiger partial charge on any atom is 0.287 e. The van der Waals surface area contributed by atoms with Crippen LogP contribution >= 0.6 is 0 Å². The van der Waals surface area contributed by atoms with Crippen molar-refractivity contribution >= 4 is 29.0 Å². The summed E-state index contributed by atoms with van der Waals surface area (Å²) in [4.78, 5) is 18.4. The van der Waals surface area contributed by atoms with Crippen molar-refractivity contribution in [2.24, 2.45) is 0 Å². The molecule has 1 unspecified atom stereocenters. The molecular weight excluding hydrogens is 392 g/mol. The van der Waals surface area contributed by atoms with Crippen LogP contribution in [0, 0.1) is 0 Å². The van der Waals surface area contributed by atoms with Crippen molar-refractivity contribution in [3.63, 3.8) is 0 Å². The summed E-state index contributed by atoms with van der Waals surface area (Å²) in [6, 6.07) is 10.1. The molecule has 154 valence electrons. The first-order valence-corrected chi connectivity index (χ1v) is 9.37. The second-order valence-corrected chi connectivity index (χ2v) is 6.93. The fraction of sp³-hybridized carbons (Fsp3) is 0.227. The smallest absolute Gasteiger partial charge is 0.287 e. The van der Waals surface area contributed by atoms with Gasteiger partial charge >= 0.3 is 0 Å². The van der Waals surface area contributed by atoms with Gasteiger partial charge in [-0.25, -0.2) is 13.8 Å². The van der Waals surface area contributed by atoms with Crippen LogP contribution in [-0.4, -0.2) is 46.1 Å². The number of alkyl halides is 2. The number of piperidine rings is 1. The highest BCUT2D eigenvalue weighted by Gasteiger charge is 2.47. The Labute approximate surface area is 171 Å². The SMILES string of the molecule is C=Cc1ccc(OC2CN(C(=O)c3noc4ccccc34)CCC2(F)F)nc1C=C. The number of rotatable bonds is 5. The number of likely N-dealkylation sites (tertiary alicyclic amines) is 1. The molecule has 8 heteroatoms. The van der Waals surface area contributed by atoms with Crippen LogP contribution < -0.4 is 4.74 Å². The van der Waals surface area contributed by atoms with Crippen molar-refractivity contribution in [2.75, 3.05) is 13.1 Å². The number of hydrogen-bond acceptors (Lipinski definition) is 5. The number of ether oxygens (including phenoxy) is 1. The average molecular weight is 411 g/mol. The lowest BCUT2D eigenvalue weighted by atomic mass is 10.0. The van der Waals surface area contributed by atoms with E-state index in [0.29, 0.717) is 22.2 Å². The number of fused-ring (bicyclic) bond motifs is 1. The summed E-state index contributed by atoms with van der Waals surface area (Å²) in [5.41, 5.74) is 1.74. The van der Waals surface area contributed by atoms with Gasteiger partial charge in [0.05, 0.1) is 17.6 Å². The van der Waals surface area contributed by atoms with E-state index in [-0.39, 0.29) is 24.7 Å². The number of halogens is 2. The second kappa shape index (κ2) is 7.70. The quantitative estimate of drug-likeness (QED) is 0.621. The van der Waals surface area contributed by atoms with E-state index in [2.05, 4.69) is 23.3 Å². The predicted molar refractivity (Wildman–Crippen MR) is 108 cm³/mol. The van der Waals surface area contributed by atoms with E-state index in [0.717, 1.165) is 0 Å².